The fourth-order valence-corrected chi connectivity index (χ4v) is 3.57. The molecule has 1 aromatic rings. The molecule has 2 N–H and O–H groups in total. The second kappa shape index (κ2) is 6.71. The van der Waals surface area contributed by atoms with Crippen LogP contribution in [0, 0.1) is 5.82 Å². The molecule has 0 aliphatic rings. The van der Waals surface area contributed by atoms with Crippen molar-refractivity contribution < 1.29 is 26.0 Å². The molecule has 0 unspecified atom stereocenters. The third-order valence-corrected chi connectivity index (χ3v) is 4.62. The van der Waals surface area contributed by atoms with Crippen LogP contribution >= 0.6 is 0 Å². The summed E-state index contributed by atoms with van der Waals surface area (Å²) in [7, 11) is -4.47. The van der Waals surface area contributed by atoms with Gasteiger partial charge in [0.25, 0.3) is 0 Å². The maximum Gasteiger partial charge on any atom is 0.402 e. The molecule has 0 fully saturated rings. The van der Waals surface area contributed by atoms with Crippen LogP contribution in [0.25, 0.3) is 0 Å². The molecule has 0 amide bonds. The minimum Gasteiger partial charge on any atom is -0.326 e. The van der Waals surface area contributed by atoms with Crippen LogP contribution in [0.5, 0.6) is 0 Å². The summed E-state index contributed by atoms with van der Waals surface area (Å²) in [6, 6.07) is 2.85. The molecule has 0 saturated carbocycles. The number of alkyl halides is 3. The Morgan fingerprint density at radius 2 is 1.90 bits per heavy atom. The van der Waals surface area contributed by atoms with Crippen molar-refractivity contribution in [1.29, 1.82) is 0 Å². The van der Waals surface area contributed by atoms with Crippen molar-refractivity contribution in [3.63, 3.8) is 0 Å². The molecule has 0 aliphatic carbocycles. The first-order chi connectivity index (χ1) is 9.61. The van der Waals surface area contributed by atoms with Crippen LogP contribution in [0.2, 0.25) is 0 Å². The Balaban J connectivity index is 3.32. The van der Waals surface area contributed by atoms with E-state index < -0.39 is 33.5 Å². The lowest BCUT2D eigenvalue weighted by molar-refractivity contribution is -0.136. The van der Waals surface area contributed by atoms with Gasteiger partial charge in [0.2, 0.25) is 10.0 Å². The van der Waals surface area contributed by atoms with Gasteiger partial charge in [0.1, 0.15) is 12.4 Å². The summed E-state index contributed by atoms with van der Waals surface area (Å²) in [6.07, 6.45) is -4.49. The van der Waals surface area contributed by atoms with Crippen molar-refractivity contribution in [2.75, 3.05) is 13.1 Å². The molecule has 120 valence electrons. The van der Waals surface area contributed by atoms with Gasteiger partial charge in [-0.15, -0.1) is 0 Å². The van der Waals surface area contributed by atoms with Gasteiger partial charge in [0.05, 0.1) is 4.90 Å². The van der Waals surface area contributed by atoms with Crippen LogP contribution in [-0.2, 0) is 16.6 Å². The molecule has 9 heteroatoms. The van der Waals surface area contributed by atoms with Crippen molar-refractivity contribution in [3.05, 3.63) is 29.6 Å². The number of benzene rings is 1. The van der Waals surface area contributed by atoms with Gasteiger partial charge in [0, 0.05) is 13.1 Å². The van der Waals surface area contributed by atoms with Gasteiger partial charge in [-0.25, -0.2) is 12.8 Å². The van der Waals surface area contributed by atoms with E-state index in [1.54, 1.807) is 6.92 Å². The lowest BCUT2D eigenvalue weighted by Crippen LogP contribution is -2.39. The second-order valence-corrected chi connectivity index (χ2v) is 6.32. The van der Waals surface area contributed by atoms with Gasteiger partial charge >= 0.3 is 6.18 Å². The maximum absolute atomic E-state index is 13.3. The molecule has 1 aromatic carbocycles. The number of hydrogen-bond acceptors (Lipinski definition) is 3. The first kappa shape index (κ1) is 17.9. The Bertz CT molecular complexity index is 587. The molecule has 0 atom stereocenters. The van der Waals surface area contributed by atoms with Crippen LogP contribution in [0.1, 0.15) is 18.9 Å². The Hall–Kier alpha value is -1.19. The van der Waals surface area contributed by atoms with E-state index in [0.717, 1.165) is 12.1 Å². The summed E-state index contributed by atoms with van der Waals surface area (Å²) >= 11 is 0. The predicted molar refractivity (Wildman–Crippen MR) is 69.4 cm³/mol. The molecule has 0 spiro atoms. The zero-order valence-corrected chi connectivity index (χ0v) is 12.1. The standard InChI is InChI=1S/C12H16F4N2O2S/c1-2-5-18(8-12(14,15)16)21(19,20)11-6-10(13)4-3-9(11)7-17/h3-4,6H,2,5,7-8,17H2,1H3. The molecule has 21 heavy (non-hydrogen) atoms. The van der Waals surface area contributed by atoms with Gasteiger partial charge < -0.3 is 5.73 Å². The minimum absolute atomic E-state index is 0.0691. The highest BCUT2D eigenvalue weighted by Crippen LogP contribution is 2.25. The van der Waals surface area contributed by atoms with E-state index in [-0.39, 0.29) is 25.1 Å². The zero-order valence-electron chi connectivity index (χ0n) is 11.3. The molecule has 0 aromatic heterocycles. The zero-order chi connectivity index (χ0) is 16.3. The van der Waals surface area contributed by atoms with Gasteiger partial charge in [-0.1, -0.05) is 13.0 Å². The van der Waals surface area contributed by atoms with Crippen LogP contribution in [0.3, 0.4) is 0 Å². The number of rotatable bonds is 6. The topological polar surface area (TPSA) is 63.4 Å². The lowest BCUT2D eigenvalue weighted by Gasteiger charge is -2.24. The van der Waals surface area contributed by atoms with Gasteiger partial charge in [0.15, 0.2) is 0 Å². The van der Waals surface area contributed by atoms with E-state index in [0.29, 0.717) is 10.4 Å². The van der Waals surface area contributed by atoms with E-state index in [4.69, 9.17) is 5.73 Å². The highest BCUT2D eigenvalue weighted by atomic mass is 32.2. The molecular weight excluding hydrogens is 312 g/mol. The summed E-state index contributed by atoms with van der Waals surface area (Å²) in [5, 5.41) is 0. The van der Waals surface area contributed by atoms with Crippen LogP contribution in [0.4, 0.5) is 17.6 Å². The predicted octanol–water partition coefficient (Wildman–Crippen LogP) is 2.25. The fraction of sp³-hybridized carbons (Fsp3) is 0.500. The van der Waals surface area contributed by atoms with Crippen molar-refractivity contribution >= 4 is 10.0 Å². The average Bonchev–Trinajstić information content (AvgIpc) is 2.36. The van der Waals surface area contributed by atoms with Crippen molar-refractivity contribution in [3.8, 4) is 0 Å². The van der Waals surface area contributed by atoms with E-state index in [2.05, 4.69) is 0 Å². The maximum atomic E-state index is 13.3. The largest absolute Gasteiger partial charge is 0.402 e. The molecule has 0 saturated heterocycles. The molecule has 0 bridgehead atoms. The van der Waals surface area contributed by atoms with Gasteiger partial charge in [-0.3, -0.25) is 0 Å². The first-order valence-corrected chi connectivity index (χ1v) is 7.61. The minimum atomic E-state index is -4.68. The van der Waals surface area contributed by atoms with E-state index in [1.807, 2.05) is 0 Å². The Labute approximate surface area is 120 Å². The number of hydrogen-bond donors (Lipinski definition) is 1. The van der Waals surface area contributed by atoms with E-state index in [9.17, 15) is 26.0 Å². The number of nitrogens with zero attached hydrogens (tertiary/aromatic N) is 1. The monoisotopic (exact) mass is 328 g/mol. The number of halogens is 4. The third kappa shape index (κ3) is 4.65. The van der Waals surface area contributed by atoms with Crippen molar-refractivity contribution in [1.82, 2.24) is 4.31 Å². The summed E-state index contributed by atoms with van der Waals surface area (Å²) in [4.78, 5) is -0.525. The fourth-order valence-electron chi connectivity index (χ4n) is 1.81. The van der Waals surface area contributed by atoms with E-state index in [1.165, 1.54) is 0 Å². The summed E-state index contributed by atoms with van der Waals surface area (Å²) < 4.78 is 75.8. The Morgan fingerprint density at radius 1 is 1.29 bits per heavy atom. The lowest BCUT2D eigenvalue weighted by atomic mass is 10.2. The summed E-state index contributed by atoms with van der Waals surface area (Å²) in [6.45, 7) is -0.610. The summed E-state index contributed by atoms with van der Waals surface area (Å²) in [5.41, 5.74) is 5.44. The van der Waals surface area contributed by atoms with Crippen LogP contribution in [-0.4, -0.2) is 32.0 Å². The van der Waals surface area contributed by atoms with Crippen LogP contribution in [0.15, 0.2) is 23.1 Å². The second-order valence-electron chi connectivity index (χ2n) is 4.41. The smallest absolute Gasteiger partial charge is 0.326 e. The summed E-state index contributed by atoms with van der Waals surface area (Å²) in [5.74, 6) is -0.853. The molecule has 4 nitrogen and oxygen atoms in total. The molecule has 0 aliphatic heterocycles. The van der Waals surface area contributed by atoms with E-state index >= 15 is 0 Å². The Kier molecular flexibility index (Phi) is 5.71. The Morgan fingerprint density at radius 3 is 2.38 bits per heavy atom. The molecule has 1 rings (SSSR count). The average molecular weight is 328 g/mol. The van der Waals surface area contributed by atoms with Gasteiger partial charge in [-0.05, 0) is 24.1 Å². The molecule has 0 radical (unpaired) electrons. The van der Waals surface area contributed by atoms with Crippen molar-refractivity contribution in [2.24, 2.45) is 5.73 Å². The third-order valence-electron chi connectivity index (χ3n) is 2.70. The number of nitrogens with two attached hydrogens (primary N) is 1. The molecule has 0 heterocycles. The highest BCUT2D eigenvalue weighted by molar-refractivity contribution is 7.89. The van der Waals surface area contributed by atoms with Gasteiger partial charge in [-0.2, -0.15) is 17.5 Å². The quantitative estimate of drug-likeness (QED) is 0.815. The molecular formula is C12H16F4N2O2S. The normalized spacial score (nSPS) is 12.9. The number of sulfonamides is 1. The highest BCUT2D eigenvalue weighted by Gasteiger charge is 2.37. The van der Waals surface area contributed by atoms with Crippen LogP contribution < -0.4 is 5.73 Å². The first-order valence-electron chi connectivity index (χ1n) is 6.17. The SMILES string of the molecule is CCCN(CC(F)(F)F)S(=O)(=O)c1cc(F)ccc1CN. The van der Waals surface area contributed by atoms with Crippen molar-refractivity contribution in [2.45, 2.75) is 31.0 Å².